The summed E-state index contributed by atoms with van der Waals surface area (Å²) in [6.07, 6.45) is 7.28. The van der Waals surface area contributed by atoms with Crippen LogP contribution in [0.5, 0.6) is 5.75 Å². The number of benzene rings is 1. The molecule has 1 aromatic rings. The van der Waals surface area contributed by atoms with E-state index in [-0.39, 0.29) is 12.4 Å². The van der Waals surface area contributed by atoms with Gasteiger partial charge >= 0.3 is 0 Å². The molecular weight excluding hydrogens is 288 g/mol. The van der Waals surface area contributed by atoms with E-state index in [1.807, 2.05) is 0 Å². The van der Waals surface area contributed by atoms with Crippen LogP contribution in [0.4, 0.5) is 8.78 Å². The van der Waals surface area contributed by atoms with E-state index in [0.717, 1.165) is 25.0 Å². The molecule has 1 saturated carbocycles. The first kappa shape index (κ1) is 16.5. The number of hydrogen-bond acceptors (Lipinski definition) is 2. The van der Waals surface area contributed by atoms with Crippen LogP contribution < -0.4 is 15.8 Å². The third kappa shape index (κ3) is 5.50. The number of nitrogens with zero attached hydrogens (tertiary/aromatic N) is 1. The highest BCUT2D eigenvalue weighted by molar-refractivity contribution is 5.78. The van der Waals surface area contributed by atoms with Crippen LogP contribution in [0, 0.1) is 11.6 Å². The summed E-state index contributed by atoms with van der Waals surface area (Å²) in [5, 5.41) is 3.24. The van der Waals surface area contributed by atoms with Crippen molar-refractivity contribution in [3.05, 3.63) is 29.8 Å². The molecule has 1 aromatic carbocycles. The monoisotopic (exact) mass is 311 g/mol. The summed E-state index contributed by atoms with van der Waals surface area (Å²) >= 11 is 0. The van der Waals surface area contributed by atoms with Crippen LogP contribution in [-0.4, -0.2) is 25.2 Å². The van der Waals surface area contributed by atoms with Gasteiger partial charge in [0.2, 0.25) is 0 Å². The van der Waals surface area contributed by atoms with Gasteiger partial charge in [-0.05, 0) is 25.0 Å². The maximum atomic E-state index is 13.0. The molecule has 0 heterocycles. The van der Waals surface area contributed by atoms with Crippen molar-refractivity contribution in [1.29, 1.82) is 0 Å². The lowest BCUT2D eigenvalue weighted by atomic mass is 10.1. The Kier molecular flexibility index (Phi) is 6.43. The molecular formula is C16H23F2N3O. The molecule has 0 amide bonds. The van der Waals surface area contributed by atoms with Gasteiger partial charge in [0, 0.05) is 12.1 Å². The quantitative estimate of drug-likeness (QED) is 0.380. The van der Waals surface area contributed by atoms with Gasteiger partial charge in [-0.1, -0.05) is 25.7 Å². The molecule has 1 aliphatic carbocycles. The molecule has 0 atom stereocenters. The molecule has 0 unspecified atom stereocenters. The first-order valence-electron chi connectivity index (χ1n) is 7.79. The van der Waals surface area contributed by atoms with Crippen molar-refractivity contribution in [3.8, 4) is 5.75 Å². The predicted molar refractivity (Wildman–Crippen MR) is 83.0 cm³/mol. The molecule has 4 nitrogen and oxygen atoms in total. The van der Waals surface area contributed by atoms with Gasteiger partial charge in [-0.25, -0.2) is 13.8 Å². The number of aliphatic imine (C=N–C) groups is 1. The van der Waals surface area contributed by atoms with Crippen molar-refractivity contribution in [2.45, 2.75) is 44.6 Å². The zero-order valence-corrected chi connectivity index (χ0v) is 12.7. The third-order valence-electron chi connectivity index (χ3n) is 3.74. The van der Waals surface area contributed by atoms with Crippen LogP contribution in [0.2, 0.25) is 0 Å². The minimum absolute atomic E-state index is 0.262. The van der Waals surface area contributed by atoms with Crippen molar-refractivity contribution in [1.82, 2.24) is 5.32 Å². The minimum Gasteiger partial charge on any atom is -0.492 e. The van der Waals surface area contributed by atoms with E-state index in [9.17, 15) is 8.78 Å². The molecule has 1 aliphatic rings. The summed E-state index contributed by atoms with van der Waals surface area (Å²) in [6, 6.07) is 3.84. The van der Waals surface area contributed by atoms with Crippen molar-refractivity contribution in [2.24, 2.45) is 10.7 Å². The van der Waals surface area contributed by atoms with E-state index in [0.29, 0.717) is 18.5 Å². The summed E-state index contributed by atoms with van der Waals surface area (Å²) in [6.45, 7) is 0.628. The predicted octanol–water partition coefficient (Wildman–Crippen LogP) is 2.97. The summed E-state index contributed by atoms with van der Waals surface area (Å²) in [7, 11) is 0. The van der Waals surface area contributed by atoms with Gasteiger partial charge < -0.3 is 15.8 Å². The fourth-order valence-corrected chi connectivity index (χ4v) is 2.57. The average molecular weight is 311 g/mol. The number of ether oxygens (including phenoxy) is 1. The van der Waals surface area contributed by atoms with Crippen molar-refractivity contribution in [3.63, 3.8) is 0 Å². The minimum atomic E-state index is -0.921. The largest absolute Gasteiger partial charge is 0.492 e. The molecule has 2 rings (SSSR count). The first-order valence-corrected chi connectivity index (χ1v) is 7.79. The molecule has 0 radical (unpaired) electrons. The molecule has 0 bridgehead atoms. The van der Waals surface area contributed by atoms with E-state index in [1.165, 1.54) is 31.7 Å². The lowest BCUT2D eigenvalue weighted by Crippen LogP contribution is -2.40. The molecule has 3 N–H and O–H groups in total. The lowest BCUT2D eigenvalue weighted by molar-refractivity contribution is 0.325. The number of hydrogen-bond donors (Lipinski definition) is 2. The standard InChI is InChI=1S/C16H23F2N3O/c17-14-8-7-13(11-15(14)18)22-10-9-20-16(19)21-12-5-3-1-2-4-6-12/h7-8,11-12H,1-6,9-10H2,(H3,19,20,21). The van der Waals surface area contributed by atoms with Crippen molar-refractivity contribution < 1.29 is 13.5 Å². The van der Waals surface area contributed by atoms with Crippen LogP contribution in [0.1, 0.15) is 38.5 Å². The second kappa shape index (κ2) is 8.56. The van der Waals surface area contributed by atoms with Gasteiger partial charge in [-0.2, -0.15) is 0 Å². The van der Waals surface area contributed by atoms with Gasteiger partial charge in [-0.3, -0.25) is 0 Å². The van der Waals surface area contributed by atoms with Crippen LogP contribution in [0.3, 0.4) is 0 Å². The van der Waals surface area contributed by atoms with Crippen molar-refractivity contribution >= 4 is 5.96 Å². The molecule has 0 saturated heterocycles. The summed E-state index contributed by atoms with van der Waals surface area (Å²) in [5.41, 5.74) is 5.85. The van der Waals surface area contributed by atoms with Crippen LogP contribution in [0.25, 0.3) is 0 Å². The maximum absolute atomic E-state index is 13.0. The zero-order valence-electron chi connectivity index (χ0n) is 12.7. The highest BCUT2D eigenvalue weighted by atomic mass is 19.2. The Bertz CT molecular complexity index is 500. The number of guanidine groups is 1. The van der Waals surface area contributed by atoms with E-state index in [1.54, 1.807) is 0 Å². The molecule has 122 valence electrons. The van der Waals surface area contributed by atoms with E-state index in [2.05, 4.69) is 10.3 Å². The zero-order chi connectivity index (χ0) is 15.8. The molecule has 0 aromatic heterocycles. The SMILES string of the molecule is NC(=NCCOc1ccc(F)c(F)c1)NC1CCCCCC1. The molecule has 22 heavy (non-hydrogen) atoms. The van der Waals surface area contributed by atoms with Gasteiger partial charge in [0.25, 0.3) is 0 Å². The number of halogens is 2. The second-order valence-electron chi connectivity index (χ2n) is 5.52. The fourth-order valence-electron chi connectivity index (χ4n) is 2.57. The van der Waals surface area contributed by atoms with Gasteiger partial charge in [0.1, 0.15) is 12.4 Å². The number of nitrogens with one attached hydrogen (secondary N) is 1. The van der Waals surface area contributed by atoms with Gasteiger partial charge in [0.15, 0.2) is 17.6 Å². The van der Waals surface area contributed by atoms with E-state index in [4.69, 9.17) is 10.5 Å². The van der Waals surface area contributed by atoms with Gasteiger partial charge in [0.05, 0.1) is 6.54 Å². The maximum Gasteiger partial charge on any atom is 0.188 e. The normalized spacial score (nSPS) is 17.1. The smallest absolute Gasteiger partial charge is 0.188 e. The van der Waals surface area contributed by atoms with Crippen LogP contribution >= 0.6 is 0 Å². The molecule has 1 fully saturated rings. The Labute approximate surface area is 129 Å². The summed E-state index contributed by atoms with van der Waals surface area (Å²) in [4.78, 5) is 4.19. The number of rotatable bonds is 5. The van der Waals surface area contributed by atoms with Crippen molar-refractivity contribution in [2.75, 3.05) is 13.2 Å². The molecule has 0 spiro atoms. The Balaban J connectivity index is 1.70. The Morgan fingerprint density at radius 3 is 2.59 bits per heavy atom. The number of nitrogens with two attached hydrogens (primary N) is 1. The summed E-state index contributed by atoms with van der Waals surface area (Å²) in [5.74, 6) is -1.11. The molecule has 0 aliphatic heterocycles. The van der Waals surface area contributed by atoms with Crippen LogP contribution in [-0.2, 0) is 0 Å². The average Bonchev–Trinajstić information content (AvgIpc) is 2.76. The highest BCUT2D eigenvalue weighted by Gasteiger charge is 2.12. The highest BCUT2D eigenvalue weighted by Crippen LogP contribution is 2.17. The Hall–Kier alpha value is -1.85. The van der Waals surface area contributed by atoms with Crippen LogP contribution in [0.15, 0.2) is 23.2 Å². The topological polar surface area (TPSA) is 59.6 Å². The van der Waals surface area contributed by atoms with E-state index < -0.39 is 11.6 Å². The summed E-state index contributed by atoms with van der Waals surface area (Å²) < 4.78 is 31.1. The fraction of sp³-hybridized carbons (Fsp3) is 0.562. The van der Waals surface area contributed by atoms with Gasteiger partial charge in [-0.15, -0.1) is 0 Å². The lowest BCUT2D eigenvalue weighted by Gasteiger charge is -2.16. The van der Waals surface area contributed by atoms with E-state index >= 15 is 0 Å². The first-order chi connectivity index (χ1) is 10.6. The second-order valence-corrected chi connectivity index (χ2v) is 5.52. The molecule has 6 heteroatoms. The third-order valence-corrected chi connectivity index (χ3v) is 3.74. The Morgan fingerprint density at radius 1 is 1.18 bits per heavy atom. The Morgan fingerprint density at radius 2 is 1.91 bits per heavy atom.